The fourth-order valence-electron chi connectivity index (χ4n) is 3.22. The first-order valence-corrected chi connectivity index (χ1v) is 8.16. The van der Waals surface area contributed by atoms with Gasteiger partial charge in [-0.15, -0.1) is 0 Å². The van der Waals surface area contributed by atoms with Gasteiger partial charge in [-0.2, -0.15) is 0 Å². The molecule has 1 aromatic heterocycles. The van der Waals surface area contributed by atoms with Gasteiger partial charge in [-0.25, -0.2) is 4.79 Å². The summed E-state index contributed by atoms with van der Waals surface area (Å²) in [5.41, 5.74) is 4.75. The molecule has 1 atom stereocenters. The molecule has 24 heavy (non-hydrogen) atoms. The highest BCUT2D eigenvalue weighted by atomic mass is 16.5. The first-order chi connectivity index (χ1) is 11.5. The van der Waals surface area contributed by atoms with Crippen molar-refractivity contribution in [1.82, 2.24) is 9.88 Å². The Morgan fingerprint density at radius 2 is 2.08 bits per heavy atom. The number of aryl methyl sites for hydroxylation is 3. The average molecular weight is 325 g/mol. The number of hydrogen-bond acceptors (Lipinski definition) is 3. The van der Waals surface area contributed by atoms with Crippen LogP contribution in [0.25, 0.3) is 0 Å². The van der Waals surface area contributed by atoms with Crippen LogP contribution in [0.5, 0.6) is 5.75 Å². The number of hydrogen-bond donors (Lipinski definition) is 1. The number of methoxy groups -OCH3 is 1. The standard InChI is InChI=1S/C19H23N3O2/c1-12-10-13(2)20-14(3)18(12)21-19(23)22-9-8-17(22)15-6-5-7-16(11-15)24-4/h5-7,10-11,17H,8-9H2,1-4H3,(H,21,23)/t17-/m1/s1. The minimum absolute atomic E-state index is 0.0778. The highest BCUT2D eigenvalue weighted by molar-refractivity contribution is 5.91. The molecule has 5 nitrogen and oxygen atoms in total. The average Bonchev–Trinajstić information content (AvgIpc) is 2.50. The van der Waals surface area contributed by atoms with E-state index in [-0.39, 0.29) is 12.1 Å². The highest BCUT2D eigenvalue weighted by Gasteiger charge is 2.34. The summed E-state index contributed by atoms with van der Waals surface area (Å²) >= 11 is 0. The van der Waals surface area contributed by atoms with Gasteiger partial charge in [0.1, 0.15) is 5.75 Å². The molecular formula is C19H23N3O2. The summed E-state index contributed by atoms with van der Waals surface area (Å²) in [6.45, 7) is 6.63. The highest BCUT2D eigenvalue weighted by Crippen LogP contribution is 2.35. The monoisotopic (exact) mass is 325 g/mol. The van der Waals surface area contributed by atoms with Crippen LogP contribution in [0.15, 0.2) is 30.3 Å². The molecule has 2 heterocycles. The van der Waals surface area contributed by atoms with Gasteiger partial charge in [0.25, 0.3) is 0 Å². The van der Waals surface area contributed by atoms with E-state index in [9.17, 15) is 4.79 Å². The van der Waals surface area contributed by atoms with Crippen molar-refractivity contribution in [2.45, 2.75) is 33.2 Å². The van der Waals surface area contributed by atoms with E-state index < -0.39 is 0 Å². The Morgan fingerprint density at radius 1 is 1.29 bits per heavy atom. The zero-order valence-corrected chi connectivity index (χ0v) is 14.6. The largest absolute Gasteiger partial charge is 0.497 e. The molecule has 1 fully saturated rings. The summed E-state index contributed by atoms with van der Waals surface area (Å²) in [5.74, 6) is 0.814. The number of likely N-dealkylation sites (tertiary alicyclic amines) is 1. The van der Waals surface area contributed by atoms with E-state index in [1.165, 1.54) is 0 Å². The molecule has 0 bridgehead atoms. The van der Waals surface area contributed by atoms with E-state index in [2.05, 4.69) is 10.3 Å². The predicted molar refractivity (Wildman–Crippen MR) is 94.5 cm³/mol. The fourth-order valence-corrected chi connectivity index (χ4v) is 3.22. The van der Waals surface area contributed by atoms with Crippen molar-refractivity contribution >= 4 is 11.7 Å². The maximum atomic E-state index is 12.7. The van der Waals surface area contributed by atoms with Gasteiger partial charge in [0.15, 0.2) is 0 Å². The maximum Gasteiger partial charge on any atom is 0.322 e. The minimum Gasteiger partial charge on any atom is -0.497 e. The molecule has 2 aromatic rings. The number of anilines is 1. The van der Waals surface area contributed by atoms with Gasteiger partial charge in [-0.05, 0) is 56.5 Å². The van der Waals surface area contributed by atoms with Gasteiger partial charge in [0.2, 0.25) is 0 Å². The van der Waals surface area contributed by atoms with Gasteiger partial charge in [-0.3, -0.25) is 4.98 Å². The lowest BCUT2D eigenvalue weighted by molar-refractivity contribution is 0.126. The lowest BCUT2D eigenvalue weighted by atomic mass is 9.95. The summed E-state index contributed by atoms with van der Waals surface area (Å²) in [4.78, 5) is 19.0. The van der Waals surface area contributed by atoms with Crippen LogP contribution in [0, 0.1) is 20.8 Å². The van der Waals surface area contributed by atoms with Crippen molar-refractivity contribution in [3.63, 3.8) is 0 Å². The van der Waals surface area contributed by atoms with Crippen LogP contribution in [-0.2, 0) is 0 Å². The molecule has 1 aromatic carbocycles. The molecule has 0 aliphatic carbocycles. The van der Waals surface area contributed by atoms with Crippen molar-refractivity contribution in [2.75, 3.05) is 19.0 Å². The van der Waals surface area contributed by atoms with Crippen molar-refractivity contribution < 1.29 is 9.53 Å². The third-order valence-electron chi connectivity index (χ3n) is 4.52. The topological polar surface area (TPSA) is 54.5 Å². The first kappa shape index (κ1) is 16.3. The number of nitrogens with one attached hydrogen (secondary N) is 1. The van der Waals surface area contributed by atoms with Gasteiger partial charge in [-0.1, -0.05) is 12.1 Å². The van der Waals surface area contributed by atoms with E-state index in [1.54, 1.807) is 7.11 Å². The number of amides is 2. The summed E-state index contributed by atoms with van der Waals surface area (Å²) < 4.78 is 5.28. The summed E-state index contributed by atoms with van der Waals surface area (Å²) in [7, 11) is 1.65. The molecule has 0 unspecified atom stereocenters. The predicted octanol–water partition coefficient (Wildman–Crippen LogP) is 3.99. The third-order valence-corrected chi connectivity index (χ3v) is 4.52. The number of aromatic nitrogens is 1. The van der Waals surface area contributed by atoms with Crippen LogP contribution >= 0.6 is 0 Å². The quantitative estimate of drug-likeness (QED) is 0.928. The number of carbonyl (C=O) groups is 1. The number of carbonyl (C=O) groups excluding carboxylic acids is 1. The van der Waals surface area contributed by atoms with E-state index in [4.69, 9.17) is 4.74 Å². The Labute approximate surface area is 142 Å². The molecule has 1 N–H and O–H groups in total. The molecule has 126 valence electrons. The van der Waals surface area contributed by atoms with Gasteiger partial charge in [0, 0.05) is 12.2 Å². The molecule has 1 saturated heterocycles. The van der Waals surface area contributed by atoms with E-state index in [1.807, 2.05) is 56.0 Å². The van der Waals surface area contributed by atoms with Gasteiger partial charge < -0.3 is 15.0 Å². The Morgan fingerprint density at radius 3 is 2.71 bits per heavy atom. The number of rotatable bonds is 3. The van der Waals surface area contributed by atoms with Crippen LogP contribution in [0.3, 0.4) is 0 Å². The smallest absolute Gasteiger partial charge is 0.322 e. The summed E-state index contributed by atoms with van der Waals surface area (Å²) in [6.07, 6.45) is 0.963. The van der Waals surface area contributed by atoms with Gasteiger partial charge >= 0.3 is 6.03 Å². The van der Waals surface area contributed by atoms with Crippen LogP contribution in [-0.4, -0.2) is 29.6 Å². The second kappa shape index (κ2) is 6.51. The number of benzene rings is 1. The fraction of sp³-hybridized carbons (Fsp3) is 0.368. The first-order valence-electron chi connectivity index (χ1n) is 8.16. The summed E-state index contributed by atoms with van der Waals surface area (Å²) in [5, 5.41) is 3.03. The second-order valence-corrected chi connectivity index (χ2v) is 6.25. The SMILES string of the molecule is COc1cccc([C@H]2CCN2C(=O)Nc2c(C)cc(C)nc2C)c1. The number of nitrogens with zero attached hydrogens (tertiary/aromatic N) is 2. The zero-order valence-electron chi connectivity index (χ0n) is 14.6. The summed E-state index contributed by atoms with van der Waals surface area (Å²) in [6, 6.07) is 9.91. The van der Waals surface area contributed by atoms with Crippen LogP contribution < -0.4 is 10.1 Å². The third kappa shape index (κ3) is 3.07. The Kier molecular flexibility index (Phi) is 4.42. The minimum atomic E-state index is -0.0778. The molecule has 3 rings (SSSR count). The van der Waals surface area contributed by atoms with E-state index in [0.29, 0.717) is 0 Å². The van der Waals surface area contributed by atoms with Crippen LogP contribution in [0.4, 0.5) is 10.5 Å². The lowest BCUT2D eigenvalue weighted by Crippen LogP contribution is -2.47. The second-order valence-electron chi connectivity index (χ2n) is 6.25. The number of urea groups is 1. The number of pyridine rings is 1. The van der Waals surface area contributed by atoms with Crippen LogP contribution in [0.2, 0.25) is 0 Å². The number of ether oxygens (including phenoxy) is 1. The molecular weight excluding hydrogens is 302 g/mol. The van der Waals surface area contributed by atoms with Crippen molar-refractivity contribution in [1.29, 1.82) is 0 Å². The van der Waals surface area contributed by atoms with Crippen molar-refractivity contribution in [3.05, 3.63) is 52.8 Å². The van der Waals surface area contributed by atoms with E-state index in [0.717, 1.165) is 46.9 Å². The van der Waals surface area contributed by atoms with Crippen LogP contribution in [0.1, 0.15) is 35.0 Å². The molecule has 1 aliphatic heterocycles. The maximum absolute atomic E-state index is 12.7. The Balaban J connectivity index is 1.76. The van der Waals surface area contributed by atoms with E-state index >= 15 is 0 Å². The molecule has 2 amide bonds. The molecule has 0 radical (unpaired) electrons. The van der Waals surface area contributed by atoms with Crippen molar-refractivity contribution in [2.24, 2.45) is 0 Å². The Bertz CT molecular complexity index is 750. The molecule has 0 saturated carbocycles. The molecule has 5 heteroatoms. The normalized spacial score (nSPS) is 16.5. The van der Waals surface area contributed by atoms with Gasteiger partial charge in [0.05, 0.1) is 24.5 Å². The molecule has 1 aliphatic rings. The zero-order chi connectivity index (χ0) is 17.3. The molecule has 0 spiro atoms. The van der Waals surface area contributed by atoms with Crippen molar-refractivity contribution in [3.8, 4) is 5.75 Å². The lowest BCUT2D eigenvalue weighted by Gasteiger charge is -2.41. The Hall–Kier alpha value is -2.56.